The Hall–Kier alpha value is -2.73. The van der Waals surface area contributed by atoms with Gasteiger partial charge >= 0.3 is 0 Å². The van der Waals surface area contributed by atoms with Crippen molar-refractivity contribution in [3.05, 3.63) is 35.4 Å². The first-order valence-corrected chi connectivity index (χ1v) is 6.52. The van der Waals surface area contributed by atoms with Gasteiger partial charge in [-0.2, -0.15) is 0 Å². The minimum atomic E-state index is -0.515. The van der Waals surface area contributed by atoms with Crippen LogP contribution in [0.3, 0.4) is 0 Å². The van der Waals surface area contributed by atoms with Crippen LogP contribution < -0.4 is 14.2 Å². The van der Waals surface area contributed by atoms with Crippen molar-refractivity contribution in [1.29, 1.82) is 0 Å². The van der Waals surface area contributed by atoms with E-state index in [9.17, 15) is 9.90 Å². The Morgan fingerprint density at radius 1 is 0.955 bits per heavy atom. The molecule has 2 aromatic rings. The molecule has 0 aromatic heterocycles. The maximum absolute atomic E-state index is 12.5. The number of phenols is 1. The number of aromatic hydroxyl groups is 1. The maximum Gasteiger partial charge on any atom is 0.198 e. The van der Waals surface area contributed by atoms with E-state index in [1.165, 1.54) is 26.4 Å². The number of ether oxygens (including phenoxy) is 3. The molecule has 0 fully saturated rings. The molecule has 0 spiro atoms. The lowest BCUT2D eigenvalue weighted by Crippen LogP contribution is -2.00. The molecule has 6 heteroatoms. The zero-order valence-corrected chi connectivity index (χ0v) is 12.0. The topological polar surface area (TPSA) is 85.2 Å². The third-order valence-corrected chi connectivity index (χ3v) is 3.61. The number of rotatable bonds is 4. The van der Waals surface area contributed by atoms with Gasteiger partial charge in [0.15, 0.2) is 24.1 Å². The molecule has 0 unspecified atom stereocenters. The van der Waals surface area contributed by atoms with Crippen LogP contribution in [0.4, 0.5) is 0 Å². The maximum atomic E-state index is 12.5. The van der Waals surface area contributed by atoms with E-state index in [2.05, 4.69) is 0 Å². The summed E-state index contributed by atoms with van der Waals surface area (Å²) in [5.41, 5.74) is 1.78. The van der Waals surface area contributed by atoms with Crippen molar-refractivity contribution in [3.63, 3.8) is 0 Å². The molecule has 0 amide bonds. The van der Waals surface area contributed by atoms with Crippen LogP contribution in [-0.2, 0) is 0 Å². The summed E-state index contributed by atoms with van der Waals surface area (Å²) in [6, 6.07) is 6.21. The number of hydrogen-bond acceptors (Lipinski definition) is 6. The third-order valence-electron chi connectivity index (χ3n) is 3.61. The highest BCUT2D eigenvalue weighted by molar-refractivity contribution is 6.23. The average molecular weight is 302 g/mol. The van der Waals surface area contributed by atoms with Gasteiger partial charge in [0.2, 0.25) is 0 Å². The van der Waals surface area contributed by atoms with Gasteiger partial charge in [-0.3, -0.25) is 4.79 Å². The van der Waals surface area contributed by atoms with Crippen LogP contribution in [0.1, 0.15) is 15.9 Å². The highest BCUT2D eigenvalue weighted by Gasteiger charge is 2.32. The Bertz CT molecular complexity index is 766. The predicted octanol–water partition coefficient (Wildman–Crippen LogP) is 1.95. The number of benzene rings is 2. The molecular weight excluding hydrogens is 288 g/mol. The zero-order valence-electron chi connectivity index (χ0n) is 12.0. The minimum Gasteiger partial charge on any atom is -0.507 e. The summed E-state index contributed by atoms with van der Waals surface area (Å²) in [6.07, 6.45) is 0. The first kappa shape index (κ1) is 14.2. The molecule has 2 N–H and O–H groups in total. The van der Waals surface area contributed by atoms with Gasteiger partial charge in [0.1, 0.15) is 11.5 Å². The summed E-state index contributed by atoms with van der Waals surface area (Å²) in [5.74, 6) is 0.655. The fourth-order valence-electron chi connectivity index (χ4n) is 2.62. The van der Waals surface area contributed by atoms with E-state index in [-0.39, 0.29) is 17.1 Å². The molecule has 114 valence electrons. The van der Waals surface area contributed by atoms with E-state index in [0.717, 1.165) is 0 Å². The van der Waals surface area contributed by atoms with Gasteiger partial charge in [-0.05, 0) is 23.8 Å². The molecule has 2 aromatic carbocycles. The summed E-state index contributed by atoms with van der Waals surface area (Å²) in [6.45, 7) is -0.515. The van der Waals surface area contributed by atoms with Crippen molar-refractivity contribution in [2.75, 3.05) is 21.0 Å². The minimum absolute atomic E-state index is 0.140. The number of fused-ring (bicyclic) bond motifs is 3. The molecule has 0 heterocycles. The lowest BCUT2D eigenvalue weighted by atomic mass is 10.0. The standard InChI is InChI=1S/C16H14O6/c1-20-8-3-10-9-5-14(22-7-17)13(21-2)6-11(9)16(19)15(10)12(18)4-8/h3-6,17-18H,7H2,1-2H3. The summed E-state index contributed by atoms with van der Waals surface area (Å²) in [7, 11) is 2.92. The van der Waals surface area contributed by atoms with Gasteiger partial charge < -0.3 is 24.4 Å². The van der Waals surface area contributed by atoms with Crippen LogP contribution in [0.25, 0.3) is 11.1 Å². The second-order valence-corrected chi connectivity index (χ2v) is 4.72. The number of ketones is 1. The fraction of sp³-hybridized carbons (Fsp3) is 0.188. The van der Waals surface area contributed by atoms with Gasteiger partial charge in [-0.1, -0.05) is 0 Å². The quantitative estimate of drug-likeness (QED) is 0.717. The van der Waals surface area contributed by atoms with Crippen LogP contribution in [0.2, 0.25) is 0 Å². The fourth-order valence-corrected chi connectivity index (χ4v) is 2.62. The van der Waals surface area contributed by atoms with Crippen LogP contribution in [0.5, 0.6) is 23.0 Å². The lowest BCUT2D eigenvalue weighted by molar-refractivity contribution is 0.0954. The molecule has 0 bridgehead atoms. The average Bonchev–Trinajstić information content (AvgIpc) is 2.79. The Labute approximate surface area is 126 Å². The summed E-state index contributed by atoms with van der Waals surface area (Å²) >= 11 is 0. The second kappa shape index (κ2) is 5.23. The number of aliphatic hydroxyl groups excluding tert-OH is 1. The van der Waals surface area contributed by atoms with Gasteiger partial charge in [-0.15, -0.1) is 0 Å². The molecule has 1 aliphatic rings. The van der Waals surface area contributed by atoms with Gasteiger partial charge in [0.05, 0.1) is 19.8 Å². The highest BCUT2D eigenvalue weighted by atomic mass is 16.6. The van der Waals surface area contributed by atoms with E-state index < -0.39 is 6.79 Å². The van der Waals surface area contributed by atoms with E-state index in [4.69, 9.17) is 19.3 Å². The highest BCUT2D eigenvalue weighted by Crippen LogP contribution is 2.46. The predicted molar refractivity (Wildman–Crippen MR) is 77.8 cm³/mol. The monoisotopic (exact) mass is 302 g/mol. The van der Waals surface area contributed by atoms with Crippen LogP contribution >= 0.6 is 0 Å². The van der Waals surface area contributed by atoms with E-state index in [1.807, 2.05) is 0 Å². The van der Waals surface area contributed by atoms with E-state index in [1.54, 1.807) is 12.1 Å². The largest absolute Gasteiger partial charge is 0.507 e. The molecule has 0 aliphatic heterocycles. The van der Waals surface area contributed by atoms with Gasteiger partial charge in [0.25, 0.3) is 0 Å². The molecule has 6 nitrogen and oxygen atoms in total. The summed E-state index contributed by atoms with van der Waals surface area (Å²) in [5, 5.41) is 19.0. The van der Waals surface area contributed by atoms with Crippen molar-refractivity contribution in [2.45, 2.75) is 0 Å². The second-order valence-electron chi connectivity index (χ2n) is 4.72. The van der Waals surface area contributed by atoms with Crippen molar-refractivity contribution >= 4 is 5.78 Å². The van der Waals surface area contributed by atoms with Crippen molar-refractivity contribution < 1.29 is 29.2 Å². The smallest absolute Gasteiger partial charge is 0.198 e. The number of hydrogen-bond donors (Lipinski definition) is 2. The van der Waals surface area contributed by atoms with Gasteiger partial charge in [-0.25, -0.2) is 0 Å². The molecule has 0 radical (unpaired) electrons. The summed E-state index contributed by atoms with van der Waals surface area (Å²) < 4.78 is 15.4. The number of phenolic OH excluding ortho intramolecular Hbond substituents is 1. The normalized spacial score (nSPS) is 11.9. The Morgan fingerprint density at radius 2 is 1.68 bits per heavy atom. The first-order chi connectivity index (χ1) is 10.6. The van der Waals surface area contributed by atoms with E-state index in [0.29, 0.717) is 33.9 Å². The van der Waals surface area contributed by atoms with Crippen LogP contribution in [-0.4, -0.2) is 37.0 Å². The first-order valence-electron chi connectivity index (χ1n) is 6.52. The molecule has 0 saturated carbocycles. The van der Waals surface area contributed by atoms with Crippen molar-refractivity contribution in [1.82, 2.24) is 0 Å². The number of aliphatic hydroxyl groups is 1. The molecule has 1 aliphatic carbocycles. The Balaban J connectivity index is 2.26. The molecule has 3 rings (SSSR count). The van der Waals surface area contributed by atoms with Crippen molar-refractivity contribution in [2.24, 2.45) is 0 Å². The molecule has 0 atom stereocenters. The lowest BCUT2D eigenvalue weighted by Gasteiger charge is -2.11. The van der Waals surface area contributed by atoms with Gasteiger partial charge in [0, 0.05) is 17.2 Å². The SMILES string of the molecule is COc1cc(O)c2c(c1)-c1cc(OCO)c(OC)cc1C2=O. The molecule has 0 saturated heterocycles. The van der Waals surface area contributed by atoms with Crippen LogP contribution in [0.15, 0.2) is 24.3 Å². The Morgan fingerprint density at radius 3 is 2.32 bits per heavy atom. The van der Waals surface area contributed by atoms with E-state index >= 15 is 0 Å². The number of carbonyl (C=O) groups is 1. The third kappa shape index (κ3) is 1.96. The van der Waals surface area contributed by atoms with Crippen LogP contribution in [0, 0.1) is 0 Å². The molecule has 22 heavy (non-hydrogen) atoms. The molecular formula is C16H14O6. The Kier molecular flexibility index (Phi) is 3.38. The zero-order chi connectivity index (χ0) is 15.9. The number of carbonyl (C=O) groups excluding carboxylic acids is 1. The van der Waals surface area contributed by atoms with Crippen molar-refractivity contribution in [3.8, 4) is 34.1 Å². The number of methoxy groups -OCH3 is 2. The summed E-state index contributed by atoms with van der Waals surface area (Å²) in [4.78, 5) is 12.5.